The minimum atomic E-state index is 0.0392. The lowest BCUT2D eigenvalue weighted by Gasteiger charge is -2.16. The fourth-order valence-corrected chi connectivity index (χ4v) is 3.18. The van der Waals surface area contributed by atoms with E-state index >= 15 is 0 Å². The second-order valence-corrected chi connectivity index (χ2v) is 5.79. The standard InChI is InChI=1S/C17H16BrNO/c1-11-7-8-13(14(18)9-11)17(19-2)16-10-12-5-3-4-6-15(12)20-16/h3-10,17,19H,1-2H3. The highest BCUT2D eigenvalue weighted by Gasteiger charge is 2.19. The first-order chi connectivity index (χ1) is 9.69. The lowest BCUT2D eigenvalue weighted by atomic mass is 10.0. The zero-order valence-electron chi connectivity index (χ0n) is 11.5. The van der Waals surface area contributed by atoms with E-state index in [1.165, 1.54) is 11.1 Å². The lowest BCUT2D eigenvalue weighted by Crippen LogP contribution is -2.17. The van der Waals surface area contributed by atoms with Crippen molar-refractivity contribution in [1.29, 1.82) is 0 Å². The van der Waals surface area contributed by atoms with Gasteiger partial charge in [-0.05, 0) is 43.3 Å². The summed E-state index contributed by atoms with van der Waals surface area (Å²) in [5.74, 6) is 0.929. The van der Waals surface area contributed by atoms with Gasteiger partial charge in [-0.3, -0.25) is 0 Å². The van der Waals surface area contributed by atoms with E-state index in [-0.39, 0.29) is 6.04 Å². The maximum atomic E-state index is 5.98. The Balaban J connectivity index is 2.08. The third-order valence-electron chi connectivity index (χ3n) is 3.48. The van der Waals surface area contributed by atoms with Gasteiger partial charge in [0.1, 0.15) is 11.3 Å². The fraction of sp³-hybridized carbons (Fsp3) is 0.176. The molecule has 1 aromatic heterocycles. The maximum Gasteiger partial charge on any atom is 0.134 e. The van der Waals surface area contributed by atoms with Gasteiger partial charge >= 0.3 is 0 Å². The van der Waals surface area contributed by atoms with Crippen molar-refractivity contribution in [1.82, 2.24) is 5.32 Å². The zero-order chi connectivity index (χ0) is 14.1. The van der Waals surface area contributed by atoms with Crippen LogP contribution >= 0.6 is 15.9 Å². The molecule has 0 bridgehead atoms. The van der Waals surface area contributed by atoms with Gasteiger partial charge in [-0.15, -0.1) is 0 Å². The summed E-state index contributed by atoms with van der Waals surface area (Å²) >= 11 is 3.65. The number of aryl methyl sites for hydroxylation is 1. The minimum Gasteiger partial charge on any atom is -0.459 e. The summed E-state index contributed by atoms with van der Waals surface area (Å²) in [6.45, 7) is 2.09. The van der Waals surface area contributed by atoms with E-state index in [0.29, 0.717) is 0 Å². The van der Waals surface area contributed by atoms with Crippen LogP contribution in [0.3, 0.4) is 0 Å². The Bertz CT molecular complexity index is 715. The van der Waals surface area contributed by atoms with Crippen molar-refractivity contribution >= 4 is 26.9 Å². The van der Waals surface area contributed by atoms with Crippen LogP contribution in [0.25, 0.3) is 11.0 Å². The highest BCUT2D eigenvalue weighted by atomic mass is 79.9. The number of benzene rings is 2. The molecule has 0 fully saturated rings. The molecular formula is C17H16BrNO. The SMILES string of the molecule is CNC(c1cc2ccccc2o1)c1ccc(C)cc1Br. The van der Waals surface area contributed by atoms with Gasteiger partial charge in [-0.1, -0.05) is 46.3 Å². The van der Waals surface area contributed by atoms with Gasteiger partial charge in [0.15, 0.2) is 0 Å². The van der Waals surface area contributed by atoms with Crippen LogP contribution in [-0.4, -0.2) is 7.05 Å². The normalized spacial score (nSPS) is 12.8. The highest BCUT2D eigenvalue weighted by Crippen LogP contribution is 2.32. The highest BCUT2D eigenvalue weighted by molar-refractivity contribution is 9.10. The van der Waals surface area contributed by atoms with E-state index in [9.17, 15) is 0 Å². The molecular weight excluding hydrogens is 314 g/mol. The molecule has 2 aromatic carbocycles. The maximum absolute atomic E-state index is 5.98. The number of rotatable bonds is 3. The Morgan fingerprint density at radius 1 is 1.10 bits per heavy atom. The molecule has 0 aliphatic carbocycles. The molecule has 0 radical (unpaired) electrons. The number of halogens is 1. The molecule has 102 valence electrons. The number of nitrogens with one attached hydrogen (secondary N) is 1. The van der Waals surface area contributed by atoms with Crippen LogP contribution < -0.4 is 5.32 Å². The summed E-state index contributed by atoms with van der Waals surface area (Å²) < 4.78 is 7.07. The summed E-state index contributed by atoms with van der Waals surface area (Å²) in [4.78, 5) is 0. The molecule has 1 unspecified atom stereocenters. The summed E-state index contributed by atoms with van der Waals surface area (Å²) in [6.07, 6.45) is 0. The Kier molecular flexibility index (Phi) is 3.64. The van der Waals surface area contributed by atoms with Gasteiger partial charge < -0.3 is 9.73 Å². The van der Waals surface area contributed by atoms with Gasteiger partial charge in [0, 0.05) is 9.86 Å². The molecule has 0 amide bonds. The first-order valence-corrected chi connectivity index (χ1v) is 7.40. The van der Waals surface area contributed by atoms with E-state index in [1.807, 2.05) is 25.2 Å². The van der Waals surface area contributed by atoms with E-state index in [2.05, 4.69) is 58.5 Å². The van der Waals surface area contributed by atoms with E-state index in [1.54, 1.807) is 0 Å². The quantitative estimate of drug-likeness (QED) is 0.745. The summed E-state index contributed by atoms with van der Waals surface area (Å²) in [5, 5.41) is 4.46. The molecule has 20 heavy (non-hydrogen) atoms. The number of furan rings is 1. The topological polar surface area (TPSA) is 25.2 Å². The van der Waals surface area contributed by atoms with Crippen molar-refractivity contribution in [3.8, 4) is 0 Å². The predicted octanol–water partition coefficient (Wildman–Crippen LogP) is 4.81. The first kappa shape index (κ1) is 13.4. The van der Waals surface area contributed by atoms with Crippen LogP contribution in [0, 0.1) is 6.92 Å². The van der Waals surface area contributed by atoms with Crippen molar-refractivity contribution in [2.24, 2.45) is 0 Å². The second kappa shape index (κ2) is 5.43. The van der Waals surface area contributed by atoms with Crippen LogP contribution in [0.2, 0.25) is 0 Å². The van der Waals surface area contributed by atoms with Crippen molar-refractivity contribution in [2.45, 2.75) is 13.0 Å². The van der Waals surface area contributed by atoms with Crippen molar-refractivity contribution in [3.05, 3.63) is 69.9 Å². The number of hydrogen-bond donors (Lipinski definition) is 1. The van der Waals surface area contributed by atoms with Gasteiger partial charge in [0.25, 0.3) is 0 Å². The molecule has 3 rings (SSSR count). The molecule has 0 spiro atoms. The average molecular weight is 330 g/mol. The second-order valence-electron chi connectivity index (χ2n) is 4.93. The van der Waals surface area contributed by atoms with Crippen LogP contribution in [0.15, 0.2) is 57.4 Å². The summed E-state index contributed by atoms with van der Waals surface area (Å²) in [5.41, 5.74) is 3.34. The van der Waals surface area contributed by atoms with Gasteiger partial charge in [-0.2, -0.15) is 0 Å². The van der Waals surface area contributed by atoms with E-state index < -0.39 is 0 Å². The predicted molar refractivity (Wildman–Crippen MR) is 86.0 cm³/mol. The number of hydrogen-bond acceptors (Lipinski definition) is 2. The smallest absolute Gasteiger partial charge is 0.134 e. The Labute approximate surface area is 126 Å². The van der Waals surface area contributed by atoms with E-state index in [4.69, 9.17) is 4.42 Å². The first-order valence-electron chi connectivity index (χ1n) is 6.61. The average Bonchev–Trinajstić information content (AvgIpc) is 2.85. The van der Waals surface area contributed by atoms with Crippen LogP contribution in [0.1, 0.15) is 22.9 Å². The molecule has 1 atom stereocenters. The van der Waals surface area contributed by atoms with Gasteiger partial charge in [0.2, 0.25) is 0 Å². The molecule has 1 heterocycles. The lowest BCUT2D eigenvalue weighted by molar-refractivity contribution is 0.491. The third kappa shape index (κ3) is 2.39. The largest absolute Gasteiger partial charge is 0.459 e. The summed E-state index contributed by atoms with van der Waals surface area (Å²) in [6, 6.07) is 16.6. The number of para-hydroxylation sites is 1. The Morgan fingerprint density at radius 3 is 2.60 bits per heavy atom. The molecule has 2 nitrogen and oxygen atoms in total. The molecule has 0 aliphatic heterocycles. The monoisotopic (exact) mass is 329 g/mol. The van der Waals surface area contributed by atoms with Crippen molar-refractivity contribution < 1.29 is 4.42 Å². The van der Waals surface area contributed by atoms with Crippen LogP contribution in [0.4, 0.5) is 0 Å². The molecule has 1 N–H and O–H groups in total. The molecule has 3 aromatic rings. The molecule has 0 aliphatic rings. The van der Waals surface area contributed by atoms with E-state index in [0.717, 1.165) is 21.2 Å². The fourth-order valence-electron chi connectivity index (χ4n) is 2.46. The molecule has 3 heteroatoms. The third-order valence-corrected chi connectivity index (χ3v) is 4.17. The van der Waals surface area contributed by atoms with Crippen LogP contribution in [-0.2, 0) is 0 Å². The molecule has 0 saturated heterocycles. The molecule has 0 saturated carbocycles. The van der Waals surface area contributed by atoms with Gasteiger partial charge in [0.05, 0.1) is 6.04 Å². The van der Waals surface area contributed by atoms with Gasteiger partial charge in [-0.25, -0.2) is 0 Å². The van der Waals surface area contributed by atoms with Crippen molar-refractivity contribution in [2.75, 3.05) is 7.05 Å². The minimum absolute atomic E-state index is 0.0392. The number of fused-ring (bicyclic) bond motifs is 1. The zero-order valence-corrected chi connectivity index (χ0v) is 13.1. The Hall–Kier alpha value is -1.58. The van der Waals surface area contributed by atoms with Crippen molar-refractivity contribution in [3.63, 3.8) is 0 Å². The van der Waals surface area contributed by atoms with Crippen LogP contribution in [0.5, 0.6) is 0 Å². The summed E-state index contributed by atoms with van der Waals surface area (Å²) in [7, 11) is 1.95. The Morgan fingerprint density at radius 2 is 1.90 bits per heavy atom.